The fraction of sp³-hybridized carbons (Fsp3) is 0.188. The van der Waals surface area contributed by atoms with Crippen molar-refractivity contribution < 1.29 is 0 Å². The lowest BCUT2D eigenvalue weighted by Crippen LogP contribution is -2.03. The maximum Gasteiger partial charge on any atom is 0.195 e. The highest BCUT2D eigenvalue weighted by atomic mass is 32.1. The molecule has 0 radical (unpaired) electrons. The van der Waals surface area contributed by atoms with E-state index in [1.54, 1.807) is 22.7 Å². The summed E-state index contributed by atoms with van der Waals surface area (Å²) in [6.45, 7) is 8.42. The van der Waals surface area contributed by atoms with Crippen LogP contribution in [0.5, 0.6) is 0 Å². The highest BCUT2D eigenvalue weighted by molar-refractivity contribution is 7.25. The predicted molar refractivity (Wildman–Crippen MR) is 159 cm³/mol. The molecule has 0 unspecified atom stereocenters. The van der Waals surface area contributed by atoms with Crippen LogP contribution >= 0.6 is 22.7 Å². The molecule has 0 spiro atoms. The van der Waals surface area contributed by atoms with Crippen LogP contribution < -0.4 is 10.9 Å². The van der Waals surface area contributed by atoms with Crippen molar-refractivity contribution in [2.24, 2.45) is 0 Å². The highest BCUT2D eigenvalue weighted by Gasteiger charge is 2.09. The number of hydrogen-bond acceptors (Lipinski definition) is 4. The molecule has 0 aliphatic heterocycles. The van der Waals surface area contributed by atoms with Crippen molar-refractivity contribution in [3.8, 4) is 0 Å². The van der Waals surface area contributed by atoms with Crippen molar-refractivity contribution in [2.45, 2.75) is 40.5 Å². The lowest BCUT2D eigenvalue weighted by Gasteiger charge is -2.08. The average Bonchev–Trinajstić information content (AvgIpc) is 2.89. The van der Waals surface area contributed by atoms with E-state index < -0.39 is 0 Å². The topological polar surface area (TPSA) is 34.1 Å². The minimum atomic E-state index is 0.154. The van der Waals surface area contributed by atoms with E-state index in [1.807, 2.05) is 61.5 Å². The molecule has 0 bridgehead atoms. The summed E-state index contributed by atoms with van der Waals surface area (Å²) in [6, 6.07) is 24.1. The quantitative estimate of drug-likeness (QED) is 0.220. The Morgan fingerprint density at radius 1 is 0.583 bits per heavy atom. The van der Waals surface area contributed by atoms with Gasteiger partial charge in [-0.2, -0.15) is 0 Å². The van der Waals surface area contributed by atoms with Gasteiger partial charge in [0.2, 0.25) is 0 Å². The van der Waals surface area contributed by atoms with E-state index in [-0.39, 0.29) is 10.9 Å². The molecule has 0 fully saturated rings. The molecule has 36 heavy (non-hydrogen) atoms. The van der Waals surface area contributed by atoms with Gasteiger partial charge >= 0.3 is 0 Å². The first-order chi connectivity index (χ1) is 17.4. The molecule has 4 aromatic carbocycles. The first-order valence-electron chi connectivity index (χ1n) is 12.3. The lowest BCUT2D eigenvalue weighted by atomic mass is 10.0. The maximum atomic E-state index is 12.6. The summed E-state index contributed by atoms with van der Waals surface area (Å²) in [5.41, 5.74) is 5.32. The van der Waals surface area contributed by atoms with Gasteiger partial charge in [0.25, 0.3) is 0 Å². The predicted octanol–water partition coefficient (Wildman–Crippen LogP) is 8.57. The third-order valence-corrected chi connectivity index (χ3v) is 9.12. The van der Waals surface area contributed by atoms with Gasteiger partial charge < -0.3 is 0 Å². The fourth-order valence-electron chi connectivity index (χ4n) is 4.85. The van der Waals surface area contributed by atoms with E-state index >= 15 is 0 Å². The van der Waals surface area contributed by atoms with Gasteiger partial charge in [0.05, 0.1) is 0 Å². The molecule has 4 heteroatoms. The third-order valence-electron chi connectivity index (χ3n) is 6.67. The molecule has 0 aliphatic carbocycles. The second kappa shape index (κ2) is 9.96. The normalized spacial score (nSPS) is 11.2. The van der Waals surface area contributed by atoms with Crippen LogP contribution in [0.25, 0.3) is 40.3 Å². The van der Waals surface area contributed by atoms with Crippen molar-refractivity contribution in [3.63, 3.8) is 0 Å². The molecule has 180 valence electrons. The third kappa shape index (κ3) is 4.36. The second-order valence-electron chi connectivity index (χ2n) is 9.14. The van der Waals surface area contributed by atoms with Crippen molar-refractivity contribution in [3.05, 3.63) is 115 Å². The molecular formula is C32H28O2S2. The van der Waals surface area contributed by atoms with Crippen LogP contribution in [0, 0.1) is 13.8 Å². The Labute approximate surface area is 218 Å². The van der Waals surface area contributed by atoms with Gasteiger partial charge in [0.1, 0.15) is 0 Å². The van der Waals surface area contributed by atoms with Gasteiger partial charge in [-0.05, 0) is 85.8 Å². The Balaban J connectivity index is 0.000000149. The van der Waals surface area contributed by atoms with Gasteiger partial charge in [0, 0.05) is 40.3 Å². The average molecular weight is 509 g/mol. The summed E-state index contributed by atoms with van der Waals surface area (Å²) in [4.78, 5) is 25.0. The zero-order valence-corrected chi connectivity index (χ0v) is 22.6. The Kier molecular flexibility index (Phi) is 6.74. The van der Waals surface area contributed by atoms with E-state index in [0.717, 1.165) is 58.7 Å². The van der Waals surface area contributed by atoms with E-state index in [4.69, 9.17) is 0 Å². The zero-order chi connectivity index (χ0) is 25.4. The summed E-state index contributed by atoms with van der Waals surface area (Å²) >= 11 is 3.41. The van der Waals surface area contributed by atoms with Gasteiger partial charge in [0.15, 0.2) is 10.9 Å². The van der Waals surface area contributed by atoms with Crippen LogP contribution in [0.15, 0.2) is 82.4 Å². The fourth-order valence-corrected chi connectivity index (χ4v) is 7.09. The van der Waals surface area contributed by atoms with Crippen LogP contribution in [-0.4, -0.2) is 0 Å². The smallest absolute Gasteiger partial charge is 0.195 e. The summed E-state index contributed by atoms with van der Waals surface area (Å²) in [5, 5.41) is 3.39. The van der Waals surface area contributed by atoms with Crippen LogP contribution in [-0.2, 0) is 12.8 Å². The zero-order valence-electron chi connectivity index (χ0n) is 21.0. The van der Waals surface area contributed by atoms with Crippen LogP contribution in [0.2, 0.25) is 0 Å². The summed E-state index contributed by atoms with van der Waals surface area (Å²) in [7, 11) is 0. The van der Waals surface area contributed by atoms with Crippen molar-refractivity contribution in [1.82, 2.24) is 0 Å². The Hall–Kier alpha value is -3.34. The number of aryl methyl sites for hydroxylation is 4. The molecule has 0 N–H and O–H groups in total. The molecular weight excluding hydrogens is 480 g/mol. The van der Waals surface area contributed by atoms with Crippen LogP contribution in [0.4, 0.5) is 0 Å². The molecule has 6 aromatic rings. The molecule has 0 aliphatic rings. The van der Waals surface area contributed by atoms with E-state index in [9.17, 15) is 9.59 Å². The number of hydrogen-bond donors (Lipinski definition) is 0. The molecule has 0 saturated carbocycles. The van der Waals surface area contributed by atoms with E-state index in [0.29, 0.717) is 0 Å². The molecule has 0 atom stereocenters. The van der Waals surface area contributed by atoms with Gasteiger partial charge in [-0.3, -0.25) is 9.59 Å². The van der Waals surface area contributed by atoms with Gasteiger partial charge in [-0.15, -0.1) is 22.7 Å². The molecule has 2 nitrogen and oxygen atoms in total. The van der Waals surface area contributed by atoms with Crippen molar-refractivity contribution in [2.75, 3.05) is 0 Å². The summed E-state index contributed by atoms with van der Waals surface area (Å²) in [6.07, 6.45) is 2.00. The van der Waals surface area contributed by atoms with E-state index in [2.05, 4.69) is 39.0 Å². The number of fused-ring (bicyclic) bond motifs is 4. The van der Waals surface area contributed by atoms with E-state index in [1.165, 1.54) is 16.7 Å². The number of benzene rings is 4. The number of rotatable bonds is 2. The van der Waals surface area contributed by atoms with Gasteiger partial charge in [-0.25, -0.2) is 0 Å². The summed E-state index contributed by atoms with van der Waals surface area (Å²) in [5.74, 6) is 0. The molecule has 0 amide bonds. The van der Waals surface area contributed by atoms with Crippen LogP contribution in [0.1, 0.15) is 36.1 Å². The first-order valence-corrected chi connectivity index (χ1v) is 13.9. The minimum Gasteiger partial charge on any atom is -0.289 e. The molecule has 0 saturated heterocycles. The largest absolute Gasteiger partial charge is 0.289 e. The van der Waals surface area contributed by atoms with Crippen molar-refractivity contribution >= 4 is 63.0 Å². The molecule has 2 aromatic heterocycles. The standard InChI is InChI=1S/C17H16OS.C15H12OS/c1-3-11-9-14-16(10-12(11)4-2)19-15-8-6-5-7-13(15)17(14)18;1-9-7-10(2)15-12(8-9)14(16)11-5-3-4-6-13(11)17-15/h5-10H,3-4H2,1-2H3;3-8H,1-2H3. The minimum absolute atomic E-state index is 0.154. The monoisotopic (exact) mass is 508 g/mol. The maximum absolute atomic E-state index is 12.6. The van der Waals surface area contributed by atoms with Crippen molar-refractivity contribution in [1.29, 1.82) is 0 Å². The Bertz CT molecular complexity index is 1880. The van der Waals surface area contributed by atoms with Gasteiger partial charge in [-0.1, -0.05) is 49.7 Å². The SMILES string of the molecule is CCc1cc2sc3ccccc3c(=O)c2cc1CC.Cc1cc(C)c2sc3ccccc3c(=O)c2c1. The molecule has 2 heterocycles. The Morgan fingerprint density at radius 3 is 1.78 bits per heavy atom. The lowest BCUT2D eigenvalue weighted by molar-refractivity contribution is 1.04. The van der Waals surface area contributed by atoms with Crippen LogP contribution in [0.3, 0.4) is 0 Å². The first kappa shape index (κ1) is 24.4. The highest BCUT2D eigenvalue weighted by Crippen LogP contribution is 2.29. The second-order valence-corrected chi connectivity index (χ2v) is 11.3. The molecule has 6 rings (SSSR count). The summed E-state index contributed by atoms with van der Waals surface area (Å²) < 4.78 is 4.36. The Morgan fingerprint density at radius 2 is 1.14 bits per heavy atom.